The molecule has 0 aliphatic heterocycles. The Bertz CT molecular complexity index is 4760. The number of benzene rings is 12. The van der Waals surface area contributed by atoms with Crippen LogP contribution in [0.2, 0.25) is 0 Å². The summed E-state index contributed by atoms with van der Waals surface area (Å²) >= 11 is 0. The maximum Gasteiger partial charge on any atom is 0.136 e. The summed E-state index contributed by atoms with van der Waals surface area (Å²) in [5.74, 6) is 0. The zero-order chi connectivity index (χ0) is 51.1. The van der Waals surface area contributed by atoms with E-state index in [0.29, 0.717) is 0 Å². The van der Waals surface area contributed by atoms with Crippen LogP contribution >= 0.6 is 0 Å². The number of hydrogen-bond acceptors (Lipinski definition) is 1. The van der Waals surface area contributed by atoms with Crippen molar-refractivity contribution in [2.75, 3.05) is 0 Å². The third-order valence-electron chi connectivity index (χ3n) is 18.1. The third kappa shape index (κ3) is 5.70. The lowest BCUT2D eigenvalue weighted by Crippen LogP contribution is -2.14. The quantitative estimate of drug-likeness (QED) is 0.172. The lowest BCUT2D eigenvalue weighted by molar-refractivity contribution is 0.661. The number of aromatic nitrogens is 2. The first-order chi connectivity index (χ1) is 37.7. The van der Waals surface area contributed by atoms with E-state index in [-0.39, 0.29) is 10.8 Å². The Morgan fingerprint density at radius 3 is 1.12 bits per heavy atom. The summed E-state index contributed by atoms with van der Waals surface area (Å²) in [5, 5.41) is 12.1. The van der Waals surface area contributed by atoms with Gasteiger partial charge in [-0.3, -0.25) is 0 Å². The molecule has 362 valence electrons. The van der Waals surface area contributed by atoms with Crippen LogP contribution in [0.5, 0.6) is 0 Å². The first kappa shape index (κ1) is 42.9. The molecule has 2 aliphatic carbocycles. The van der Waals surface area contributed by atoms with E-state index < -0.39 is 0 Å². The van der Waals surface area contributed by atoms with E-state index in [2.05, 4.69) is 267 Å². The van der Waals surface area contributed by atoms with Crippen LogP contribution in [0, 0.1) is 0 Å². The number of nitrogens with zero attached hydrogens (tertiary/aromatic N) is 2. The van der Waals surface area contributed by atoms with Gasteiger partial charge >= 0.3 is 0 Å². The van der Waals surface area contributed by atoms with Crippen LogP contribution in [0.1, 0.15) is 49.9 Å². The van der Waals surface area contributed by atoms with Crippen LogP contribution in [0.25, 0.3) is 143 Å². The molecule has 2 aliphatic rings. The molecular formula is C74H50N2O. The van der Waals surface area contributed by atoms with Crippen molar-refractivity contribution in [3.8, 4) is 55.9 Å². The molecule has 0 fully saturated rings. The molecule has 17 rings (SSSR count). The summed E-state index contributed by atoms with van der Waals surface area (Å²) in [6, 6.07) is 86.2. The minimum Gasteiger partial charge on any atom is -0.456 e. The van der Waals surface area contributed by atoms with Gasteiger partial charge in [0.25, 0.3) is 0 Å². The van der Waals surface area contributed by atoms with Crippen molar-refractivity contribution < 1.29 is 4.42 Å². The Labute approximate surface area is 445 Å². The van der Waals surface area contributed by atoms with Crippen molar-refractivity contribution in [2.45, 2.75) is 38.5 Å². The first-order valence-corrected chi connectivity index (χ1v) is 27.1. The van der Waals surface area contributed by atoms with Gasteiger partial charge in [-0.15, -0.1) is 0 Å². The van der Waals surface area contributed by atoms with Gasteiger partial charge in [-0.2, -0.15) is 0 Å². The average Bonchev–Trinajstić information content (AvgIpc) is 4.24. The normalized spacial score (nSPS) is 14.2. The smallest absolute Gasteiger partial charge is 0.136 e. The van der Waals surface area contributed by atoms with Crippen LogP contribution in [0.4, 0.5) is 0 Å². The summed E-state index contributed by atoms with van der Waals surface area (Å²) < 4.78 is 12.3. The maximum atomic E-state index is 7.49. The molecule has 3 heteroatoms. The molecule has 0 bridgehead atoms. The second kappa shape index (κ2) is 15.1. The SMILES string of the molecule is CC1(C)c2ccccc2-c2cc3c(-c4ccc5c(c4)c4ccccc4n5-c4ccccc4)cc4oc5cc(-c6ccc7c(c6)c6ccccc6n7-c6ccccc6)c6cc7c(cc6c5c4c3cc21)C(C)(C)c1ccccc1-7. The maximum absolute atomic E-state index is 7.49. The fourth-order valence-corrected chi connectivity index (χ4v) is 14.4. The van der Waals surface area contributed by atoms with Crippen LogP contribution in [0.15, 0.2) is 235 Å². The van der Waals surface area contributed by atoms with Gasteiger partial charge < -0.3 is 13.6 Å². The minimum absolute atomic E-state index is 0.200. The Morgan fingerprint density at radius 1 is 0.273 bits per heavy atom. The van der Waals surface area contributed by atoms with E-state index in [9.17, 15) is 0 Å². The van der Waals surface area contributed by atoms with Gasteiger partial charge in [0.05, 0.1) is 22.1 Å². The molecule has 0 unspecified atom stereocenters. The molecule has 3 heterocycles. The van der Waals surface area contributed by atoms with Crippen LogP contribution in [-0.2, 0) is 10.8 Å². The first-order valence-electron chi connectivity index (χ1n) is 27.1. The van der Waals surface area contributed by atoms with Gasteiger partial charge in [0.2, 0.25) is 0 Å². The van der Waals surface area contributed by atoms with Crippen molar-refractivity contribution >= 4 is 87.1 Å². The highest BCUT2D eigenvalue weighted by Gasteiger charge is 2.38. The summed E-state index contributed by atoms with van der Waals surface area (Å²) in [6.45, 7) is 9.58. The standard InChI is InChI=1S/C74H50N2O/c1-73(2)61-27-15-11-23-47(61)55-37-53-51(43-31-33-67-57(35-43)49-25-13-17-29-65(49)75(67)45-19-7-5-8-20-45)41-69-71(59(53)39-63(55)73)72-60-40-64-56(48-24-12-16-28-62(48)74(64,3)4)38-54(60)52(42-70(72)77-69)44-32-34-68-58(36-44)50-26-14-18-30-66(50)76(68)46-21-9-6-10-22-46/h5-42H,1-4H3. The lowest BCUT2D eigenvalue weighted by atomic mass is 9.80. The summed E-state index contributed by atoms with van der Waals surface area (Å²) in [4.78, 5) is 0. The molecule has 0 spiro atoms. The highest BCUT2D eigenvalue weighted by molar-refractivity contribution is 6.31. The summed E-state index contributed by atoms with van der Waals surface area (Å²) in [6.07, 6.45) is 0. The van der Waals surface area contributed by atoms with Crippen molar-refractivity contribution in [2.24, 2.45) is 0 Å². The predicted molar refractivity (Wildman–Crippen MR) is 323 cm³/mol. The molecule has 0 N–H and O–H groups in total. The highest BCUT2D eigenvalue weighted by atomic mass is 16.3. The number of fused-ring (bicyclic) bond motifs is 19. The topological polar surface area (TPSA) is 23.0 Å². The molecule has 0 amide bonds. The Morgan fingerprint density at radius 2 is 0.662 bits per heavy atom. The van der Waals surface area contributed by atoms with E-state index in [0.717, 1.165) is 44.8 Å². The molecular weight excluding hydrogens is 933 g/mol. The second-order valence-corrected chi connectivity index (χ2v) is 22.8. The largest absolute Gasteiger partial charge is 0.456 e. The van der Waals surface area contributed by atoms with Crippen molar-refractivity contribution in [3.63, 3.8) is 0 Å². The van der Waals surface area contributed by atoms with E-state index in [1.165, 1.54) is 120 Å². The average molecular weight is 983 g/mol. The molecule has 3 nitrogen and oxygen atoms in total. The Kier molecular flexibility index (Phi) is 8.42. The second-order valence-electron chi connectivity index (χ2n) is 22.8. The molecule has 0 saturated heterocycles. The van der Waals surface area contributed by atoms with Crippen molar-refractivity contribution in [1.29, 1.82) is 0 Å². The third-order valence-corrected chi connectivity index (χ3v) is 18.1. The fourth-order valence-electron chi connectivity index (χ4n) is 14.4. The van der Waals surface area contributed by atoms with E-state index >= 15 is 0 Å². The van der Waals surface area contributed by atoms with Crippen molar-refractivity contribution in [1.82, 2.24) is 9.13 Å². The molecule has 0 radical (unpaired) electrons. The van der Waals surface area contributed by atoms with E-state index in [1.807, 2.05) is 0 Å². The molecule has 77 heavy (non-hydrogen) atoms. The summed E-state index contributed by atoms with van der Waals surface area (Å²) in [7, 11) is 0. The number of rotatable bonds is 4. The van der Waals surface area contributed by atoms with E-state index in [1.54, 1.807) is 0 Å². The van der Waals surface area contributed by atoms with Crippen LogP contribution in [0.3, 0.4) is 0 Å². The van der Waals surface area contributed by atoms with Gasteiger partial charge in [0.1, 0.15) is 11.2 Å². The van der Waals surface area contributed by atoms with Gasteiger partial charge in [-0.05, 0) is 185 Å². The monoisotopic (exact) mass is 982 g/mol. The fraction of sp³-hybridized carbons (Fsp3) is 0.0811. The highest BCUT2D eigenvalue weighted by Crippen LogP contribution is 2.56. The van der Waals surface area contributed by atoms with E-state index in [4.69, 9.17) is 4.42 Å². The predicted octanol–water partition coefficient (Wildman–Crippen LogP) is 20.0. The minimum atomic E-state index is -0.200. The van der Waals surface area contributed by atoms with Crippen LogP contribution in [-0.4, -0.2) is 9.13 Å². The number of furan rings is 1. The molecule has 0 atom stereocenters. The Balaban J connectivity index is 0.990. The van der Waals surface area contributed by atoms with Gasteiger partial charge in [-0.1, -0.05) is 161 Å². The van der Waals surface area contributed by atoms with Gasteiger partial charge in [0, 0.05) is 54.5 Å². The number of para-hydroxylation sites is 4. The van der Waals surface area contributed by atoms with Crippen molar-refractivity contribution in [3.05, 3.63) is 253 Å². The molecule has 3 aromatic heterocycles. The van der Waals surface area contributed by atoms with Crippen LogP contribution < -0.4 is 0 Å². The molecule has 0 saturated carbocycles. The van der Waals surface area contributed by atoms with Gasteiger partial charge in [-0.25, -0.2) is 0 Å². The zero-order valence-corrected chi connectivity index (χ0v) is 43.2. The summed E-state index contributed by atoms with van der Waals surface area (Å²) in [5.41, 5.74) is 23.8. The number of hydrogen-bond donors (Lipinski definition) is 0. The molecule has 15 aromatic rings. The lowest BCUT2D eigenvalue weighted by Gasteiger charge is -2.22. The molecule has 12 aromatic carbocycles. The zero-order valence-electron chi connectivity index (χ0n) is 43.2. The van der Waals surface area contributed by atoms with Gasteiger partial charge in [0.15, 0.2) is 0 Å². The Hall–Kier alpha value is -9.44.